The van der Waals surface area contributed by atoms with Gasteiger partial charge in [-0.2, -0.15) is 0 Å². The number of benzene rings is 1. The number of pyridine rings is 1. The predicted octanol–water partition coefficient (Wildman–Crippen LogP) is 4.89. The zero-order valence-corrected chi connectivity index (χ0v) is 19.1. The fraction of sp³-hybridized carbons (Fsp3) is 0.400. The topological polar surface area (TPSA) is 81.9 Å². The van der Waals surface area contributed by atoms with Crippen LogP contribution in [0, 0.1) is 6.92 Å². The predicted molar refractivity (Wildman–Crippen MR) is 126 cm³/mol. The van der Waals surface area contributed by atoms with Crippen molar-refractivity contribution >= 4 is 28.0 Å². The zero-order valence-electron chi connectivity index (χ0n) is 19.1. The summed E-state index contributed by atoms with van der Waals surface area (Å²) in [6.07, 6.45) is 5.35. The number of aromatic amines is 1. The van der Waals surface area contributed by atoms with E-state index in [0.29, 0.717) is 18.7 Å². The molecule has 0 fully saturated rings. The van der Waals surface area contributed by atoms with Gasteiger partial charge in [-0.25, -0.2) is 9.78 Å². The van der Waals surface area contributed by atoms with Crippen molar-refractivity contribution in [3.8, 4) is 0 Å². The molecule has 4 rings (SSSR count). The van der Waals surface area contributed by atoms with Crippen LogP contribution >= 0.6 is 0 Å². The molecule has 0 saturated heterocycles. The van der Waals surface area contributed by atoms with Gasteiger partial charge in [-0.15, -0.1) is 0 Å². The average molecular weight is 435 g/mol. The first kappa shape index (κ1) is 21.9. The van der Waals surface area contributed by atoms with Crippen molar-refractivity contribution < 1.29 is 9.53 Å². The highest BCUT2D eigenvalue weighted by atomic mass is 16.5. The monoisotopic (exact) mass is 434 g/mol. The molecule has 0 saturated carbocycles. The Balaban J connectivity index is 1.89. The van der Waals surface area contributed by atoms with Gasteiger partial charge in [-0.3, -0.25) is 13.9 Å². The van der Waals surface area contributed by atoms with Crippen molar-refractivity contribution in [2.75, 3.05) is 6.61 Å². The number of carbonyl (C=O) groups is 1. The van der Waals surface area contributed by atoms with Gasteiger partial charge in [0.25, 0.3) is 0 Å². The van der Waals surface area contributed by atoms with Crippen LogP contribution in [0.1, 0.15) is 63.2 Å². The van der Waals surface area contributed by atoms with Crippen LogP contribution in [0.15, 0.2) is 47.5 Å². The zero-order chi connectivity index (χ0) is 22.8. The summed E-state index contributed by atoms with van der Waals surface area (Å²) in [7, 11) is 0. The van der Waals surface area contributed by atoms with Crippen molar-refractivity contribution in [2.45, 2.75) is 59.0 Å². The molecule has 168 valence electrons. The molecule has 1 unspecified atom stereocenters. The Morgan fingerprint density at radius 1 is 1.19 bits per heavy atom. The number of hydrogen-bond donors (Lipinski definition) is 1. The van der Waals surface area contributed by atoms with Crippen LogP contribution in [0.3, 0.4) is 0 Å². The minimum Gasteiger partial charge on any atom is -0.466 e. The second kappa shape index (κ2) is 9.02. The Morgan fingerprint density at radius 2 is 2.00 bits per heavy atom. The van der Waals surface area contributed by atoms with E-state index >= 15 is 0 Å². The molecular weight excluding hydrogens is 404 g/mol. The number of ether oxygens (including phenoxy) is 1. The molecule has 1 aromatic carbocycles. The Labute approximate surface area is 187 Å². The molecule has 1 N–H and O–H groups in total. The number of esters is 1. The number of carbonyl (C=O) groups excluding carboxylic acids is 1. The number of hydrogen-bond acceptors (Lipinski definition) is 4. The second-order valence-electron chi connectivity index (χ2n) is 8.24. The highest BCUT2D eigenvalue weighted by Crippen LogP contribution is 2.31. The lowest BCUT2D eigenvalue weighted by atomic mass is 10.0. The lowest BCUT2D eigenvalue weighted by molar-refractivity contribution is -0.144. The normalized spacial score (nSPS) is 13.5. The third kappa shape index (κ3) is 3.72. The molecule has 0 aliphatic rings. The van der Waals surface area contributed by atoms with Crippen LogP contribution in [-0.4, -0.2) is 31.7 Å². The lowest BCUT2D eigenvalue weighted by Gasteiger charge is -2.17. The summed E-state index contributed by atoms with van der Waals surface area (Å²) < 4.78 is 8.67. The Hall–Kier alpha value is -3.35. The molecule has 7 nitrogen and oxygen atoms in total. The molecule has 32 heavy (non-hydrogen) atoms. The quantitative estimate of drug-likeness (QED) is 0.400. The smallest absolute Gasteiger partial charge is 0.331 e. The highest BCUT2D eigenvalue weighted by Gasteiger charge is 2.27. The third-order valence-electron chi connectivity index (χ3n) is 6.14. The van der Waals surface area contributed by atoms with Crippen molar-refractivity contribution in [3.63, 3.8) is 0 Å². The molecule has 7 heteroatoms. The fourth-order valence-electron chi connectivity index (χ4n) is 4.71. The van der Waals surface area contributed by atoms with Gasteiger partial charge >= 0.3 is 11.7 Å². The standard InChI is InChI=1S/C25H30N4O3/c1-5-9-18(14-22(30)32-6-2)29-24-21(12-8-13-26-24)28(25(29)31)17(4)19-15-27-20-11-7-10-16(3)23(19)20/h7-8,10-13,15,17-18,27H,5-6,9,14H2,1-4H3/t17-,18?/m0/s1. The number of nitrogens with one attached hydrogen (secondary N) is 1. The van der Waals surface area contributed by atoms with Crippen LogP contribution in [0.2, 0.25) is 0 Å². The lowest BCUT2D eigenvalue weighted by Crippen LogP contribution is -2.31. The average Bonchev–Trinajstić information content (AvgIpc) is 3.33. The summed E-state index contributed by atoms with van der Waals surface area (Å²) in [4.78, 5) is 34.0. The van der Waals surface area contributed by atoms with E-state index in [4.69, 9.17) is 4.74 Å². The SMILES string of the molecule is CCCC(CC(=O)OCC)n1c(=O)n([C@@H](C)c2c[nH]c3cccc(C)c23)c2cccnc21. The fourth-order valence-corrected chi connectivity index (χ4v) is 4.71. The molecule has 2 atom stereocenters. The van der Waals surface area contributed by atoms with Gasteiger partial charge in [0.1, 0.15) is 0 Å². The van der Waals surface area contributed by atoms with Gasteiger partial charge < -0.3 is 9.72 Å². The van der Waals surface area contributed by atoms with E-state index in [-0.39, 0.29) is 30.2 Å². The van der Waals surface area contributed by atoms with Crippen molar-refractivity contribution in [1.82, 2.24) is 19.1 Å². The van der Waals surface area contributed by atoms with E-state index < -0.39 is 0 Å². The Kier molecular flexibility index (Phi) is 6.17. The summed E-state index contributed by atoms with van der Waals surface area (Å²) in [5, 5.41) is 1.13. The van der Waals surface area contributed by atoms with Gasteiger partial charge in [0, 0.05) is 28.9 Å². The van der Waals surface area contributed by atoms with Gasteiger partial charge in [-0.05, 0) is 51.0 Å². The minimum atomic E-state index is -0.304. The van der Waals surface area contributed by atoms with Crippen molar-refractivity contribution in [1.29, 1.82) is 0 Å². The van der Waals surface area contributed by atoms with Gasteiger partial charge in [0.15, 0.2) is 5.65 Å². The molecular formula is C25H30N4O3. The summed E-state index contributed by atoms with van der Waals surface area (Å²) >= 11 is 0. The first-order valence-electron chi connectivity index (χ1n) is 11.3. The third-order valence-corrected chi connectivity index (χ3v) is 6.14. The molecule has 0 aliphatic heterocycles. The molecule has 0 bridgehead atoms. The highest BCUT2D eigenvalue weighted by molar-refractivity contribution is 5.87. The first-order valence-corrected chi connectivity index (χ1v) is 11.3. The molecule has 3 heterocycles. The van der Waals surface area contributed by atoms with Crippen LogP contribution in [-0.2, 0) is 9.53 Å². The maximum atomic E-state index is 13.8. The summed E-state index contributed by atoms with van der Waals surface area (Å²) in [6.45, 7) is 8.28. The summed E-state index contributed by atoms with van der Waals surface area (Å²) in [5.74, 6) is -0.296. The van der Waals surface area contributed by atoms with E-state index in [1.54, 1.807) is 22.3 Å². The van der Waals surface area contributed by atoms with Crippen LogP contribution in [0.5, 0.6) is 0 Å². The van der Waals surface area contributed by atoms with Gasteiger partial charge in [0.2, 0.25) is 0 Å². The van der Waals surface area contributed by atoms with Gasteiger partial charge in [0.05, 0.1) is 30.6 Å². The summed E-state index contributed by atoms with van der Waals surface area (Å²) in [5.41, 5.74) is 4.47. The minimum absolute atomic E-state index is 0.151. The van der Waals surface area contributed by atoms with Crippen LogP contribution in [0.4, 0.5) is 0 Å². The maximum Gasteiger partial charge on any atom is 0.331 e. The van der Waals surface area contributed by atoms with E-state index in [2.05, 4.69) is 23.0 Å². The molecule has 0 amide bonds. The number of rotatable bonds is 8. The second-order valence-corrected chi connectivity index (χ2v) is 8.24. The van der Waals surface area contributed by atoms with E-state index in [1.165, 1.54) is 0 Å². The van der Waals surface area contributed by atoms with E-state index in [1.807, 2.05) is 44.3 Å². The van der Waals surface area contributed by atoms with Crippen molar-refractivity contribution in [3.05, 3.63) is 64.3 Å². The number of aromatic nitrogens is 4. The molecule has 0 radical (unpaired) electrons. The largest absolute Gasteiger partial charge is 0.466 e. The van der Waals surface area contributed by atoms with E-state index in [9.17, 15) is 9.59 Å². The Morgan fingerprint density at radius 3 is 2.75 bits per heavy atom. The van der Waals surface area contributed by atoms with Crippen molar-refractivity contribution in [2.24, 2.45) is 0 Å². The number of imidazole rings is 1. The van der Waals surface area contributed by atoms with Gasteiger partial charge in [-0.1, -0.05) is 25.5 Å². The molecule has 3 aromatic heterocycles. The molecule has 0 spiro atoms. The first-order chi connectivity index (χ1) is 15.5. The number of aryl methyl sites for hydroxylation is 1. The Bertz CT molecular complexity index is 1310. The van der Waals surface area contributed by atoms with Crippen LogP contribution < -0.4 is 5.69 Å². The number of fused-ring (bicyclic) bond motifs is 2. The number of H-pyrrole nitrogens is 1. The number of nitrogens with zero attached hydrogens (tertiary/aromatic N) is 3. The van der Waals surface area contributed by atoms with E-state index in [0.717, 1.165) is 34.0 Å². The molecule has 0 aliphatic carbocycles. The molecule has 4 aromatic rings. The maximum absolute atomic E-state index is 13.8. The van der Waals surface area contributed by atoms with Crippen LogP contribution in [0.25, 0.3) is 22.1 Å². The summed E-state index contributed by atoms with van der Waals surface area (Å²) in [6, 6.07) is 9.40.